The Bertz CT molecular complexity index is 873. The third-order valence-corrected chi connectivity index (χ3v) is 5.70. The van der Waals surface area contributed by atoms with Crippen LogP contribution in [0.5, 0.6) is 0 Å². The van der Waals surface area contributed by atoms with Crippen LogP contribution in [0.4, 0.5) is 17.5 Å². The minimum absolute atomic E-state index is 0.0313. The molecule has 1 saturated carbocycles. The maximum atomic E-state index is 12.5. The van der Waals surface area contributed by atoms with Gasteiger partial charge in [0.15, 0.2) is 0 Å². The van der Waals surface area contributed by atoms with Crippen LogP contribution in [0.3, 0.4) is 0 Å². The first kappa shape index (κ1) is 15.4. The minimum atomic E-state index is -0.283. The number of hydrogen-bond donors (Lipinski definition) is 2. The van der Waals surface area contributed by atoms with E-state index >= 15 is 0 Å². The summed E-state index contributed by atoms with van der Waals surface area (Å²) in [6.45, 7) is 0.695. The summed E-state index contributed by atoms with van der Waals surface area (Å²) in [6.07, 6.45) is 10.3. The van der Waals surface area contributed by atoms with Crippen molar-refractivity contribution >= 4 is 29.4 Å². The largest absolute Gasteiger partial charge is 0.352 e. The molecule has 1 saturated heterocycles. The molecule has 5 rings (SSSR count). The standard InChI is InChI=1S/C20H21N5O/c26-18-16-9-8-14-12-21-19(23-15-6-2-1-3-7-15)24-17(14)25(16)20(13-22-18)10-4-5-11-20/h1-3,6-9,12,16H,4-5,10-11,13H2,(H,22,26)(H,21,23,24). The molecule has 26 heavy (non-hydrogen) atoms. The maximum absolute atomic E-state index is 12.5. The zero-order chi connectivity index (χ0) is 17.6. The van der Waals surface area contributed by atoms with Gasteiger partial charge in [-0.15, -0.1) is 0 Å². The SMILES string of the molecule is O=C1NCC2(CCCC2)N2c3nc(Nc4ccccc4)ncc3C=CC12. The predicted octanol–water partition coefficient (Wildman–Crippen LogP) is 2.86. The number of para-hydroxylation sites is 1. The molecule has 6 nitrogen and oxygen atoms in total. The van der Waals surface area contributed by atoms with Crippen molar-refractivity contribution in [3.8, 4) is 0 Å². The second-order valence-electron chi connectivity index (χ2n) is 7.29. The van der Waals surface area contributed by atoms with Crippen molar-refractivity contribution in [1.29, 1.82) is 0 Å². The summed E-state index contributed by atoms with van der Waals surface area (Å²) in [5, 5.41) is 6.37. The monoisotopic (exact) mass is 347 g/mol. The molecule has 2 N–H and O–H groups in total. The zero-order valence-electron chi connectivity index (χ0n) is 14.5. The number of fused-ring (bicyclic) bond motifs is 4. The van der Waals surface area contributed by atoms with E-state index in [-0.39, 0.29) is 17.5 Å². The lowest BCUT2D eigenvalue weighted by Gasteiger charge is -2.50. The van der Waals surface area contributed by atoms with Gasteiger partial charge in [0.2, 0.25) is 11.9 Å². The van der Waals surface area contributed by atoms with E-state index in [9.17, 15) is 4.79 Å². The van der Waals surface area contributed by atoms with Gasteiger partial charge in [-0.3, -0.25) is 4.79 Å². The van der Waals surface area contributed by atoms with E-state index in [0.29, 0.717) is 12.5 Å². The van der Waals surface area contributed by atoms with Gasteiger partial charge in [-0.1, -0.05) is 43.2 Å². The van der Waals surface area contributed by atoms with Crippen molar-refractivity contribution in [2.75, 3.05) is 16.8 Å². The normalized spacial score (nSPS) is 22.7. The first-order valence-corrected chi connectivity index (χ1v) is 9.20. The van der Waals surface area contributed by atoms with Crippen LogP contribution in [-0.2, 0) is 4.79 Å². The van der Waals surface area contributed by atoms with E-state index in [1.54, 1.807) is 0 Å². The lowest BCUT2D eigenvalue weighted by atomic mass is 9.87. The molecule has 1 aliphatic carbocycles. The van der Waals surface area contributed by atoms with Crippen molar-refractivity contribution in [1.82, 2.24) is 15.3 Å². The highest BCUT2D eigenvalue weighted by Crippen LogP contribution is 2.43. The number of carbonyl (C=O) groups is 1. The Balaban J connectivity index is 1.56. The fraction of sp³-hybridized carbons (Fsp3) is 0.350. The summed E-state index contributed by atoms with van der Waals surface area (Å²) in [4.78, 5) is 24.0. The van der Waals surface area contributed by atoms with Gasteiger partial charge in [-0.25, -0.2) is 4.98 Å². The van der Waals surface area contributed by atoms with Crippen LogP contribution in [0.25, 0.3) is 6.08 Å². The summed E-state index contributed by atoms with van der Waals surface area (Å²) >= 11 is 0. The molecule has 132 valence electrons. The highest BCUT2D eigenvalue weighted by atomic mass is 16.2. The Kier molecular flexibility index (Phi) is 3.45. The Morgan fingerprint density at radius 1 is 1.19 bits per heavy atom. The average Bonchev–Trinajstić information content (AvgIpc) is 3.14. The summed E-state index contributed by atoms with van der Waals surface area (Å²) in [5.41, 5.74) is 1.89. The Hall–Kier alpha value is -2.89. The topological polar surface area (TPSA) is 70.2 Å². The van der Waals surface area contributed by atoms with Gasteiger partial charge in [0, 0.05) is 24.0 Å². The van der Waals surface area contributed by atoms with E-state index in [1.165, 1.54) is 12.8 Å². The first-order chi connectivity index (χ1) is 12.8. The molecule has 3 heterocycles. The van der Waals surface area contributed by atoms with Crippen molar-refractivity contribution < 1.29 is 4.79 Å². The van der Waals surface area contributed by atoms with Crippen molar-refractivity contribution in [2.24, 2.45) is 0 Å². The second-order valence-corrected chi connectivity index (χ2v) is 7.29. The summed E-state index contributed by atoms with van der Waals surface area (Å²) in [6, 6.07) is 9.61. The molecule has 1 aromatic heterocycles. The van der Waals surface area contributed by atoms with Crippen LogP contribution < -0.4 is 15.5 Å². The number of nitrogens with zero attached hydrogens (tertiary/aromatic N) is 3. The fourth-order valence-corrected chi connectivity index (χ4v) is 4.43. The number of amides is 1. The highest BCUT2D eigenvalue weighted by Gasteiger charge is 2.49. The van der Waals surface area contributed by atoms with Crippen molar-refractivity contribution in [3.05, 3.63) is 48.2 Å². The number of benzene rings is 1. The Labute approximate surface area is 152 Å². The molecule has 1 atom stereocenters. The van der Waals surface area contributed by atoms with Crippen LogP contribution >= 0.6 is 0 Å². The smallest absolute Gasteiger partial charge is 0.246 e. The van der Waals surface area contributed by atoms with Crippen LogP contribution in [0.1, 0.15) is 31.2 Å². The molecule has 1 amide bonds. The fourth-order valence-electron chi connectivity index (χ4n) is 4.43. The minimum Gasteiger partial charge on any atom is -0.352 e. The Morgan fingerprint density at radius 2 is 2.00 bits per heavy atom. The summed E-state index contributed by atoms with van der Waals surface area (Å²) < 4.78 is 0. The molecule has 6 heteroatoms. The number of anilines is 3. The van der Waals surface area contributed by atoms with Crippen LogP contribution in [0.15, 0.2) is 42.6 Å². The molecule has 3 aliphatic rings. The second kappa shape index (κ2) is 5.83. The first-order valence-electron chi connectivity index (χ1n) is 9.20. The Morgan fingerprint density at radius 3 is 2.81 bits per heavy atom. The van der Waals surface area contributed by atoms with Crippen LogP contribution in [0, 0.1) is 0 Å². The molecule has 1 aromatic carbocycles. The molecule has 0 radical (unpaired) electrons. The number of aromatic nitrogens is 2. The van der Waals surface area contributed by atoms with E-state index in [0.717, 1.165) is 29.9 Å². The van der Waals surface area contributed by atoms with E-state index in [4.69, 9.17) is 4.98 Å². The number of hydrogen-bond acceptors (Lipinski definition) is 5. The van der Waals surface area contributed by atoms with E-state index in [1.807, 2.05) is 48.7 Å². The molecular weight excluding hydrogens is 326 g/mol. The molecule has 2 aromatic rings. The highest BCUT2D eigenvalue weighted by molar-refractivity contribution is 5.93. The molecule has 1 spiro atoms. The lowest BCUT2D eigenvalue weighted by molar-refractivity contribution is -0.123. The lowest BCUT2D eigenvalue weighted by Crippen LogP contribution is -2.67. The van der Waals surface area contributed by atoms with E-state index < -0.39 is 0 Å². The van der Waals surface area contributed by atoms with Gasteiger partial charge in [-0.2, -0.15) is 4.98 Å². The molecular formula is C20H21N5O. The number of piperazine rings is 1. The van der Waals surface area contributed by atoms with Gasteiger partial charge in [0.1, 0.15) is 11.9 Å². The molecule has 0 bridgehead atoms. The van der Waals surface area contributed by atoms with Crippen molar-refractivity contribution in [2.45, 2.75) is 37.3 Å². The summed E-state index contributed by atoms with van der Waals surface area (Å²) in [7, 11) is 0. The zero-order valence-corrected chi connectivity index (χ0v) is 14.5. The third kappa shape index (κ3) is 2.36. The van der Waals surface area contributed by atoms with E-state index in [2.05, 4.69) is 20.5 Å². The molecule has 2 fully saturated rings. The quantitative estimate of drug-likeness (QED) is 0.874. The average molecular weight is 347 g/mol. The van der Waals surface area contributed by atoms with Gasteiger partial charge in [0.25, 0.3) is 0 Å². The number of rotatable bonds is 2. The third-order valence-electron chi connectivity index (χ3n) is 5.70. The number of nitrogens with one attached hydrogen (secondary N) is 2. The van der Waals surface area contributed by atoms with Gasteiger partial charge in [0.05, 0.1) is 5.54 Å². The van der Waals surface area contributed by atoms with Crippen LogP contribution in [-0.4, -0.2) is 34.0 Å². The predicted molar refractivity (Wildman–Crippen MR) is 101 cm³/mol. The van der Waals surface area contributed by atoms with Gasteiger partial charge in [-0.05, 0) is 25.0 Å². The summed E-state index contributed by atoms with van der Waals surface area (Å²) in [5.74, 6) is 1.48. The maximum Gasteiger partial charge on any atom is 0.246 e. The van der Waals surface area contributed by atoms with Gasteiger partial charge >= 0.3 is 0 Å². The number of carbonyl (C=O) groups excluding carboxylic acids is 1. The molecule has 1 unspecified atom stereocenters. The van der Waals surface area contributed by atoms with Gasteiger partial charge < -0.3 is 15.5 Å². The van der Waals surface area contributed by atoms with Crippen LogP contribution in [0.2, 0.25) is 0 Å². The van der Waals surface area contributed by atoms with Crippen molar-refractivity contribution in [3.63, 3.8) is 0 Å². The molecule has 2 aliphatic heterocycles.